The summed E-state index contributed by atoms with van der Waals surface area (Å²) in [5, 5.41) is 3.07. The molecular weight excluding hydrogens is 302 g/mol. The zero-order chi connectivity index (χ0) is 13.8. The van der Waals surface area contributed by atoms with Gasteiger partial charge in [-0.3, -0.25) is 4.79 Å². The molecule has 3 heteroatoms. The molecule has 0 radical (unpaired) electrons. The molecule has 1 N–H and O–H groups in total. The molecule has 0 aromatic heterocycles. The summed E-state index contributed by atoms with van der Waals surface area (Å²) in [7, 11) is 0. The van der Waals surface area contributed by atoms with Crippen LogP contribution in [0.1, 0.15) is 49.7 Å². The van der Waals surface area contributed by atoms with E-state index in [9.17, 15) is 4.79 Å². The number of carbonyl (C=O) groups excluding carboxylic acids is 1. The molecule has 0 saturated heterocycles. The van der Waals surface area contributed by atoms with Crippen LogP contribution >= 0.6 is 15.9 Å². The number of hydrogen-bond donors (Lipinski definition) is 1. The standard InChI is InChI=1S/C16H22BrNO/c1-11-8-12(2)16(14(17)9-11)18-15(19)10-13-6-4-3-5-7-13/h8-9,13H,3-7,10H2,1-2H3,(H,18,19). The summed E-state index contributed by atoms with van der Waals surface area (Å²) in [6, 6.07) is 4.14. The lowest BCUT2D eigenvalue weighted by Gasteiger charge is -2.21. The van der Waals surface area contributed by atoms with Crippen molar-refractivity contribution < 1.29 is 4.79 Å². The van der Waals surface area contributed by atoms with E-state index in [0.717, 1.165) is 15.7 Å². The van der Waals surface area contributed by atoms with E-state index in [2.05, 4.69) is 34.2 Å². The number of hydrogen-bond acceptors (Lipinski definition) is 1. The summed E-state index contributed by atoms with van der Waals surface area (Å²) in [5.74, 6) is 0.734. The molecule has 2 rings (SSSR count). The summed E-state index contributed by atoms with van der Waals surface area (Å²) < 4.78 is 0.974. The first-order chi connectivity index (χ1) is 9.06. The Morgan fingerprint density at radius 1 is 1.26 bits per heavy atom. The number of halogens is 1. The molecule has 1 aromatic rings. The van der Waals surface area contributed by atoms with Crippen molar-refractivity contribution in [2.45, 2.75) is 52.4 Å². The van der Waals surface area contributed by atoms with Gasteiger partial charge in [-0.05, 0) is 65.7 Å². The van der Waals surface area contributed by atoms with Gasteiger partial charge in [0, 0.05) is 10.9 Å². The third-order valence-corrected chi connectivity index (χ3v) is 4.52. The van der Waals surface area contributed by atoms with E-state index in [1.54, 1.807) is 0 Å². The monoisotopic (exact) mass is 323 g/mol. The first-order valence-electron chi connectivity index (χ1n) is 7.13. The molecule has 1 aliphatic rings. The van der Waals surface area contributed by atoms with Crippen molar-refractivity contribution in [1.82, 2.24) is 0 Å². The van der Waals surface area contributed by atoms with E-state index in [4.69, 9.17) is 0 Å². The van der Waals surface area contributed by atoms with Gasteiger partial charge in [0.25, 0.3) is 0 Å². The Morgan fingerprint density at radius 2 is 1.95 bits per heavy atom. The molecule has 0 heterocycles. The number of carbonyl (C=O) groups is 1. The lowest BCUT2D eigenvalue weighted by molar-refractivity contribution is -0.117. The van der Waals surface area contributed by atoms with Gasteiger partial charge in [-0.25, -0.2) is 0 Å². The van der Waals surface area contributed by atoms with Gasteiger partial charge < -0.3 is 5.32 Å². The van der Waals surface area contributed by atoms with Crippen molar-refractivity contribution in [3.63, 3.8) is 0 Å². The number of amides is 1. The van der Waals surface area contributed by atoms with E-state index >= 15 is 0 Å². The summed E-state index contributed by atoms with van der Waals surface area (Å²) in [6.45, 7) is 4.10. The second-order valence-electron chi connectivity index (χ2n) is 5.69. The van der Waals surface area contributed by atoms with Crippen LogP contribution in [-0.4, -0.2) is 5.91 Å². The smallest absolute Gasteiger partial charge is 0.224 e. The van der Waals surface area contributed by atoms with Crippen LogP contribution in [0.3, 0.4) is 0 Å². The molecule has 2 nitrogen and oxygen atoms in total. The molecule has 0 atom stereocenters. The number of rotatable bonds is 3. The topological polar surface area (TPSA) is 29.1 Å². The molecular formula is C16H22BrNO. The van der Waals surface area contributed by atoms with Crippen LogP contribution in [0.2, 0.25) is 0 Å². The number of nitrogens with one attached hydrogen (secondary N) is 1. The maximum absolute atomic E-state index is 12.1. The lowest BCUT2D eigenvalue weighted by atomic mass is 9.87. The predicted molar refractivity (Wildman–Crippen MR) is 83.4 cm³/mol. The fraction of sp³-hybridized carbons (Fsp3) is 0.562. The van der Waals surface area contributed by atoms with Crippen molar-refractivity contribution in [2.75, 3.05) is 5.32 Å². The Morgan fingerprint density at radius 3 is 2.58 bits per heavy atom. The number of anilines is 1. The fourth-order valence-electron chi connectivity index (χ4n) is 2.92. The Kier molecular flexibility index (Phi) is 5.03. The van der Waals surface area contributed by atoms with Gasteiger partial charge in [-0.2, -0.15) is 0 Å². The van der Waals surface area contributed by atoms with Gasteiger partial charge in [0.2, 0.25) is 5.91 Å². The molecule has 0 bridgehead atoms. The summed E-state index contributed by atoms with van der Waals surface area (Å²) in [4.78, 5) is 12.1. The van der Waals surface area contributed by atoms with Gasteiger partial charge in [0.05, 0.1) is 5.69 Å². The van der Waals surface area contributed by atoms with Crippen LogP contribution in [0.15, 0.2) is 16.6 Å². The van der Waals surface area contributed by atoms with Gasteiger partial charge in [0.15, 0.2) is 0 Å². The van der Waals surface area contributed by atoms with Crippen molar-refractivity contribution >= 4 is 27.5 Å². The molecule has 0 unspecified atom stereocenters. The molecule has 0 aliphatic heterocycles. The summed E-state index contributed by atoms with van der Waals surface area (Å²) in [5.41, 5.74) is 3.24. The third kappa shape index (κ3) is 4.07. The van der Waals surface area contributed by atoms with Gasteiger partial charge in [0.1, 0.15) is 0 Å². The normalized spacial score (nSPS) is 16.4. The van der Waals surface area contributed by atoms with Crippen molar-refractivity contribution in [3.05, 3.63) is 27.7 Å². The van der Waals surface area contributed by atoms with Gasteiger partial charge in [-0.1, -0.05) is 25.3 Å². The largest absolute Gasteiger partial charge is 0.325 e. The minimum absolute atomic E-state index is 0.152. The third-order valence-electron chi connectivity index (χ3n) is 3.89. The average Bonchev–Trinajstić information content (AvgIpc) is 2.35. The van der Waals surface area contributed by atoms with Crippen LogP contribution < -0.4 is 5.32 Å². The highest BCUT2D eigenvalue weighted by Gasteiger charge is 2.18. The molecule has 104 valence electrons. The summed E-state index contributed by atoms with van der Waals surface area (Å²) in [6.07, 6.45) is 6.99. The fourth-order valence-corrected chi connectivity index (χ4v) is 3.69. The van der Waals surface area contributed by atoms with Gasteiger partial charge >= 0.3 is 0 Å². The second kappa shape index (κ2) is 6.56. The van der Waals surface area contributed by atoms with E-state index in [-0.39, 0.29) is 5.91 Å². The van der Waals surface area contributed by atoms with E-state index in [0.29, 0.717) is 12.3 Å². The predicted octanol–water partition coefficient (Wildman–Crippen LogP) is 4.97. The molecule has 1 amide bonds. The molecule has 1 saturated carbocycles. The SMILES string of the molecule is Cc1cc(C)c(NC(=O)CC2CCCCC2)c(Br)c1. The molecule has 1 aliphatic carbocycles. The second-order valence-corrected chi connectivity index (χ2v) is 6.55. The zero-order valence-electron chi connectivity index (χ0n) is 11.8. The van der Waals surface area contributed by atoms with Gasteiger partial charge in [-0.15, -0.1) is 0 Å². The molecule has 0 spiro atoms. The maximum atomic E-state index is 12.1. The first-order valence-corrected chi connectivity index (χ1v) is 7.92. The quantitative estimate of drug-likeness (QED) is 0.835. The van der Waals surface area contributed by atoms with Crippen LogP contribution in [0, 0.1) is 19.8 Å². The van der Waals surface area contributed by atoms with Crippen molar-refractivity contribution in [3.8, 4) is 0 Å². The van der Waals surface area contributed by atoms with E-state index < -0.39 is 0 Å². The zero-order valence-corrected chi connectivity index (χ0v) is 13.3. The number of benzene rings is 1. The average molecular weight is 324 g/mol. The van der Waals surface area contributed by atoms with Crippen LogP contribution in [0.5, 0.6) is 0 Å². The van der Waals surface area contributed by atoms with Crippen LogP contribution in [0.25, 0.3) is 0 Å². The number of aryl methyl sites for hydroxylation is 2. The molecule has 1 fully saturated rings. The highest BCUT2D eigenvalue weighted by molar-refractivity contribution is 9.10. The Hall–Kier alpha value is -0.830. The van der Waals surface area contributed by atoms with Crippen LogP contribution in [-0.2, 0) is 4.79 Å². The minimum Gasteiger partial charge on any atom is -0.325 e. The minimum atomic E-state index is 0.152. The Balaban J connectivity index is 1.98. The highest BCUT2D eigenvalue weighted by atomic mass is 79.9. The molecule has 19 heavy (non-hydrogen) atoms. The van der Waals surface area contributed by atoms with E-state index in [1.165, 1.54) is 37.7 Å². The summed E-state index contributed by atoms with van der Waals surface area (Å²) >= 11 is 3.54. The van der Waals surface area contributed by atoms with Crippen molar-refractivity contribution in [1.29, 1.82) is 0 Å². The Labute approximate surface area is 124 Å². The maximum Gasteiger partial charge on any atom is 0.224 e. The highest BCUT2D eigenvalue weighted by Crippen LogP contribution is 2.30. The van der Waals surface area contributed by atoms with E-state index in [1.807, 2.05) is 13.0 Å². The first kappa shape index (κ1) is 14.6. The molecule has 1 aromatic carbocycles. The van der Waals surface area contributed by atoms with Crippen molar-refractivity contribution in [2.24, 2.45) is 5.92 Å². The van der Waals surface area contributed by atoms with Crippen LogP contribution in [0.4, 0.5) is 5.69 Å². The lowest BCUT2D eigenvalue weighted by Crippen LogP contribution is -2.19. The Bertz CT molecular complexity index is 441.